The van der Waals surface area contributed by atoms with Crippen LogP contribution in [0.5, 0.6) is 6.01 Å². The van der Waals surface area contributed by atoms with Crippen molar-refractivity contribution in [3.8, 4) is 17.3 Å². The molecular weight excluding hydrogens is 539 g/mol. The number of pyridine rings is 1. The van der Waals surface area contributed by atoms with E-state index in [0.29, 0.717) is 34.9 Å². The summed E-state index contributed by atoms with van der Waals surface area (Å²) in [4.78, 5) is 15.8. The third-order valence-corrected chi connectivity index (χ3v) is 7.56. The second-order valence-corrected chi connectivity index (χ2v) is 11.4. The first kappa shape index (κ1) is 31.2. The lowest BCUT2D eigenvalue weighted by Crippen LogP contribution is -2.35. The topological polar surface area (TPSA) is 63.2 Å². The minimum absolute atomic E-state index is 0.0137. The predicted octanol–water partition coefficient (Wildman–Crippen LogP) is 8.64. The van der Waals surface area contributed by atoms with Gasteiger partial charge in [0, 0.05) is 28.9 Å². The molecule has 0 aliphatic heterocycles. The highest BCUT2D eigenvalue weighted by molar-refractivity contribution is 5.93. The third kappa shape index (κ3) is 7.37. The zero-order chi connectivity index (χ0) is 30.5. The number of halogens is 3. The van der Waals surface area contributed by atoms with Crippen LogP contribution in [-0.2, 0) is 11.6 Å². The molecule has 2 aromatic heterocycles. The first-order chi connectivity index (χ1) is 19.9. The summed E-state index contributed by atoms with van der Waals surface area (Å²) in [7, 11) is 0. The summed E-state index contributed by atoms with van der Waals surface area (Å²) in [6.45, 7) is 15.3. The summed E-state index contributed by atoms with van der Waals surface area (Å²) in [5.41, 5.74) is 1.87. The molecule has 4 rings (SSSR count). The van der Waals surface area contributed by atoms with E-state index in [1.165, 1.54) is 17.8 Å². The number of nitrogens with zero attached hydrogens (tertiary/aromatic N) is 4. The van der Waals surface area contributed by atoms with E-state index in [-0.39, 0.29) is 17.1 Å². The van der Waals surface area contributed by atoms with E-state index in [1.807, 2.05) is 12.1 Å². The second kappa shape index (κ2) is 13.1. The van der Waals surface area contributed by atoms with Gasteiger partial charge < -0.3 is 15.0 Å². The van der Waals surface area contributed by atoms with Crippen molar-refractivity contribution in [2.24, 2.45) is 0 Å². The molecule has 0 spiro atoms. The van der Waals surface area contributed by atoms with Gasteiger partial charge in [-0.3, -0.25) is 4.98 Å². The van der Waals surface area contributed by atoms with Crippen LogP contribution in [-0.4, -0.2) is 45.6 Å². The number of hydrogen-bond donors (Lipinski definition) is 1. The average Bonchev–Trinajstić information content (AvgIpc) is 2.96. The van der Waals surface area contributed by atoms with E-state index >= 15 is 0 Å². The monoisotopic (exact) mass is 579 g/mol. The second-order valence-electron chi connectivity index (χ2n) is 11.4. The van der Waals surface area contributed by atoms with Gasteiger partial charge in [-0.15, -0.1) is 0 Å². The van der Waals surface area contributed by atoms with Gasteiger partial charge in [-0.05, 0) is 73.3 Å². The van der Waals surface area contributed by atoms with E-state index in [9.17, 15) is 13.2 Å². The van der Waals surface area contributed by atoms with Crippen LogP contribution in [0, 0.1) is 0 Å². The normalized spacial score (nSPS) is 13.0. The largest absolute Gasteiger partial charge is 0.463 e. The van der Waals surface area contributed by atoms with Gasteiger partial charge in [0.05, 0.1) is 23.4 Å². The molecule has 0 fully saturated rings. The Hall–Kier alpha value is -3.72. The summed E-state index contributed by atoms with van der Waals surface area (Å²) in [6, 6.07) is 15.9. The fourth-order valence-electron chi connectivity index (χ4n) is 5.14. The van der Waals surface area contributed by atoms with Gasteiger partial charge >= 0.3 is 12.2 Å². The van der Waals surface area contributed by atoms with E-state index in [2.05, 4.69) is 78.8 Å². The van der Waals surface area contributed by atoms with Crippen molar-refractivity contribution < 1.29 is 17.9 Å². The smallest absolute Gasteiger partial charge is 0.418 e. The van der Waals surface area contributed by atoms with Crippen LogP contribution >= 0.6 is 0 Å². The van der Waals surface area contributed by atoms with Gasteiger partial charge in [0.15, 0.2) is 0 Å². The van der Waals surface area contributed by atoms with Crippen LogP contribution in [0.15, 0.2) is 60.8 Å². The highest BCUT2D eigenvalue weighted by Gasteiger charge is 2.34. The maximum atomic E-state index is 13.8. The number of benzene rings is 2. The van der Waals surface area contributed by atoms with Crippen molar-refractivity contribution in [3.63, 3.8) is 0 Å². The van der Waals surface area contributed by atoms with Gasteiger partial charge in [-0.1, -0.05) is 59.7 Å². The van der Waals surface area contributed by atoms with Gasteiger partial charge in [0.25, 0.3) is 0 Å². The Bertz CT molecular complexity index is 1480. The van der Waals surface area contributed by atoms with Gasteiger partial charge in [-0.25, -0.2) is 0 Å². The molecule has 4 aromatic rings. The van der Waals surface area contributed by atoms with Crippen LogP contribution in [0.3, 0.4) is 0 Å². The first-order valence-corrected chi connectivity index (χ1v) is 14.5. The van der Waals surface area contributed by atoms with E-state index in [4.69, 9.17) is 4.74 Å². The number of anilines is 2. The molecule has 0 radical (unpaired) electrons. The van der Waals surface area contributed by atoms with Crippen molar-refractivity contribution in [3.05, 3.63) is 71.9 Å². The predicted molar refractivity (Wildman–Crippen MR) is 163 cm³/mol. The molecule has 0 aliphatic carbocycles. The van der Waals surface area contributed by atoms with Crippen molar-refractivity contribution in [2.45, 2.75) is 72.0 Å². The van der Waals surface area contributed by atoms with Crippen molar-refractivity contribution in [2.75, 3.05) is 25.0 Å². The molecule has 1 unspecified atom stereocenters. The molecule has 6 nitrogen and oxygen atoms in total. The lowest BCUT2D eigenvalue weighted by atomic mass is 9.87. The minimum atomic E-state index is -4.54. The van der Waals surface area contributed by atoms with Crippen LogP contribution in [0.2, 0.25) is 0 Å². The number of rotatable bonds is 11. The molecule has 224 valence electrons. The number of hydrogen-bond acceptors (Lipinski definition) is 6. The van der Waals surface area contributed by atoms with Gasteiger partial charge in [0.2, 0.25) is 0 Å². The summed E-state index contributed by atoms with van der Waals surface area (Å²) in [5.74, 6) is 0.512. The Morgan fingerprint density at radius 1 is 0.929 bits per heavy atom. The number of aromatic nitrogens is 3. The summed E-state index contributed by atoms with van der Waals surface area (Å²) in [6.07, 6.45) is -1.38. The molecule has 42 heavy (non-hydrogen) atoms. The Morgan fingerprint density at radius 3 is 2.26 bits per heavy atom. The number of nitrogens with one attached hydrogen (secondary N) is 1. The maximum absolute atomic E-state index is 13.8. The number of ether oxygens (including phenoxy) is 1. The lowest BCUT2D eigenvalue weighted by molar-refractivity contribution is -0.137. The Labute approximate surface area is 246 Å². The van der Waals surface area contributed by atoms with E-state index in [1.54, 1.807) is 18.2 Å². The molecule has 0 saturated carbocycles. The third-order valence-electron chi connectivity index (χ3n) is 7.56. The number of alkyl halides is 3. The molecule has 1 atom stereocenters. The zero-order valence-electron chi connectivity index (χ0n) is 25.2. The van der Waals surface area contributed by atoms with Crippen molar-refractivity contribution in [1.82, 2.24) is 19.9 Å². The molecule has 0 saturated heterocycles. The highest BCUT2D eigenvalue weighted by Crippen LogP contribution is 2.37. The van der Waals surface area contributed by atoms with Crippen molar-refractivity contribution in [1.29, 1.82) is 0 Å². The van der Waals surface area contributed by atoms with E-state index < -0.39 is 11.7 Å². The molecule has 0 amide bonds. The Balaban J connectivity index is 1.72. The first-order valence-electron chi connectivity index (χ1n) is 14.5. The minimum Gasteiger partial charge on any atom is -0.463 e. The fourth-order valence-corrected chi connectivity index (χ4v) is 5.14. The van der Waals surface area contributed by atoms with Gasteiger partial charge in [0.1, 0.15) is 5.82 Å². The Kier molecular flexibility index (Phi) is 9.71. The average molecular weight is 580 g/mol. The van der Waals surface area contributed by atoms with E-state index in [0.717, 1.165) is 37.7 Å². The van der Waals surface area contributed by atoms with Crippen LogP contribution in [0.1, 0.15) is 65.5 Å². The van der Waals surface area contributed by atoms with Crippen LogP contribution in [0.25, 0.3) is 22.2 Å². The molecule has 2 heterocycles. The SMILES string of the molecule is CCC(CCOc1nc(Nc2ccc(C(C)(C)C)cc2)c2ccc(-c3ncccc3C(F)(F)F)cc2n1)N(CC)CC. The standard InChI is InChI=1S/C33H40F3N5O/c1-7-25(41(8-2)9-3)18-20-42-31-39-28-21-22(29-27(33(34,35)36)11-10-19-37-29)12-17-26(28)30(40-31)38-24-15-13-23(14-16-24)32(4,5)6/h10-17,19,21,25H,7-9,18,20H2,1-6H3,(H,38,39,40). The molecule has 9 heteroatoms. The quantitative estimate of drug-likeness (QED) is 0.192. The molecule has 0 aliphatic rings. The van der Waals surface area contributed by atoms with Crippen molar-refractivity contribution >= 4 is 22.4 Å². The summed E-state index contributed by atoms with van der Waals surface area (Å²) < 4.78 is 47.4. The summed E-state index contributed by atoms with van der Waals surface area (Å²) in [5, 5.41) is 4.03. The van der Waals surface area contributed by atoms with Gasteiger partial charge in [-0.2, -0.15) is 23.1 Å². The fraction of sp³-hybridized carbons (Fsp3) is 0.424. The molecular formula is C33H40F3N5O. The number of fused-ring (bicyclic) bond motifs is 1. The van der Waals surface area contributed by atoms with Crippen LogP contribution in [0.4, 0.5) is 24.7 Å². The highest BCUT2D eigenvalue weighted by atomic mass is 19.4. The molecule has 1 N–H and O–H groups in total. The Morgan fingerprint density at radius 2 is 1.64 bits per heavy atom. The maximum Gasteiger partial charge on any atom is 0.418 e. The van der Waals surface area contributed by atoms with Crippen LogP contribution < -0.4 is 10.1 Å². The molecule has 2 aromatic carbocycles. The zero-order valence-corrected chi connectivity index (χ0v) is 25.2. The molecule has 0 bridgehead atoms. The lowest BCUT2D eigenvalue weighted by Gasteiger charge is -2.28. The summed E-state index contributed by atoms with van der Waals surface area (Å²) >= 11 is 0.